The summed E-state index contributed by atoms with van der Waals surface area (Å²) in [7, 11) is -4.03. The fourth-order valence-corrected chi connectivity index (χ4v) is 3.62. The molecule has 112 valence electrons. The summed E-state index contributed by atoms with van der Waals surface area (Å²) in [6, 6.07) is 6.64. The molecule has 0 saturated carbocycles. The van der Waals surface area contributed by atoms with Crippen molar-refractivity contribution in [3.8, 4) is 0 Å². The Bertz CT molecular complexity index is 810. The predicted molar refractivity (Wildman–Crippen MR) is 82.8 cm³/mol. The number of sulfonamides is 1. The maximum absolute atomic E-state index is 13.2. The number of nitrogen functional groups attached to an aromatic ring is 1. The minimum atomic E-state index is -4.03. The Hall–Kier alpha value is -1.50. The van der Waals surface area contributed by atoms with E-state index in [1.54, 1.807) is 12.1 Å². The van der Waals surface area contributed by atoms with Gasteiger partial charge >= 0.3 is 0 Å². The first-order valence-corrected chi connectivity index (χ1v) is 7.98. The number of nitrogens with one attached hydrogen (secondary N) is 1. The lowest BCUT2D eigenvalue weighted by Crippen LogP contribution is -2.14. The van der Waals surface area contributed by atoms with E-state index in [9.17, 15) is 12.8 Å². The minimum Gasteiger partial charge on any atom is -0.396 e. The highest BCUT2D eigenvalue weighted by Gasteiger charge is 2.21. The molecule has 2 aromatic rings. The second kappa shape index (κ2) is 5.71. The highest BCUT2D eigenvalue weighted by Crippen LogP contribution is 2.30. The van der Waals surface area contributed by atoms with E-state index in [0.717, 1.165) is 17.7 Å². The number of nitrogens with two attached hydrogens (primary N) is 1. The van der Waals surface area contributed by atoms with E-state index in [4.69, 9.17) is 28.9 Å². The average Bonchev–Trinajstić information content (AvgIpc) is 2.37. The predicted octanol–water partition coefficient (Wildman–Crippen LogP) is 3.82. The molecule has 21 heavy (non-hydrogen) atoms. The van der Waals surface area contributed by atoms with Crippen molar-refractivity contribution < 1.29 is 12.8 Å². The summed E-state index contributed by atoms with van der Waals surface area (Å²) in [6.07, 6.45) is 0. The van der Waals surface area contributed by atoms with Crippen LogP contribution in [0.5, 0.6) is 0 Å². The molecule has 0 bridgehead atoms. The molecule has 0 radical (unpaired) electrons. The molecule has 0 fully saturated rings. The summed E-state index contributed by atoms with van der Waals surface area (Å²) in [6.45, 7) is 1.82. The molecular formula is C13H11Cl2FN2O2S. The summed E-state index contributed by atoms with van der Waals surface area (Å²) in [5, 5.41) is -0.0257. The van der Waals surface area contributed by atoms with Crippen LogP contribution in [0.1, 0.15) is 5.56 Å². The van der Waals surface area contributed by atoms with Gasteiger partial charge in [0.25, 0.3) is 10.0 Å². The number of aryl methyl sites for hydroxylation is 1. The highest BCUT2D eigenvalue weighted by atomic mass is 35.5. The summed E-state index contributed by atoms with van der Waals surface area (Å²) < 4.78 is 40.1. The monoisotopic (exact) mass is 348 g/mol. The van der Waals surface area contributed by atoms with Gasteiger partial charge in [-0.2, -0.15) is 0 Å². The van der Waals surface area contributed by atoms with Gasteiger partial charge in [-0.05, 0) is 36.8 Å². The third kappa shape index (κ3) is 3.40. The van der Waals surface area contributed by atoms with E-state index in [1.165, 1.54) is 6.07 Å². The van der Waals surface area contributed by atoms with Crippen molar-refractivity contribution in [1.82, 2.24) is 0 Å². The second-order valence-electron chi connectivity index (χ2n) is 4.39. The molecule has 4 nitrogen and oxygen atoms in total. The van der Waals surface area contributed by atoms with Gasteiger partial charge < -0.3 is 5.73 Å². The van der Waals surface area contributed by atoms with Crippen molar-refractivity contribution >= 4 is 44.6 Å². The standard InChI is InChI=1S/C13H11Cl2FN2O2S/c1-7-2-3-12(8(14)4-7)18-21(19,20)13-6-11(17)10(16)5-9(13)15/h2-6,18H,17H2,1H3. The summed E-state index contributed by atoms with van der Waals surface area (Å²) in [5.74, 6) is -0.785. The van der Waals surface area contributed by atoms with E-state index in [0.29, 0.717) is 0 Å². The lowest BCUT2D eigenvalue weighted by molar-refractivity contribution is 0.600. The molecule has 8 heteroatoms. The number of hydrogen-bond acceptors (Lipinski definition) is 3. The van der Waals surface area contributed by atoms with E-state index in [2.05, 4.69) is 4.72 Å². The first kappa shape index (κ1) is 15.9. The smallest absolute Gasteiger partial charge is 0.263 e. The van der Waals surface area contributed by atoms with Crippen molar-refractivity contribution in [2.45, 2.75) is 11.8 Å². The molecule has 0 atom stereocenters. The highest BCUT2D eigenvalue weighted by molar-refractivity contribution is 7.92. The van der Waals surface area contributed by atoms with Crippen LogP contribution in [-0.2, 0) is 10.0 Å². The Kier molecular flexibility index (Phi) is 4.32. The molecule has 0 amide bonds. The first-order chi connectivity index (χ1) is 9.70. The summed E-state index contributed by atoms with van der Waals surface area (Å²) in [5.41, 5.74) is 6.14. The van der Waals surface area contributed by atoms with Crippen molar-refractivity contribution in [2.24, 2.45) is 0 Å². The zero-order valence-corrected chi connectivity index (χ0v) is 13.2. The summed E-state index contributed by atoms with van der Waals surface area (Å²) in [4.78, 5) is -0.320. The molecule has 0 aliphatic heterocycles. The van der Waals surface area contributed by atoms with E-state index >= 15 is 0 Å². The fourth-order valence-electron chi connectivity index (χ4n) is 1.65. The zero-order valence-electron chi connectivity index (χ0n) is 10.8. The van der Waals surface area contributed by atoms with Crippen molar-refractivity contribution in [2.75, 3.05) is 10.5 Å². The molecule has 0 saturated heterocycles. The normalized spacial score (nSPS) is 11.4. The minimum absolute atomic E-state index is 0.196. The van der Waals surface area contributed by atoms with Crippen LogP contribution in [0.2, 0.25) is 10.0 Å². The Balaban J connectivity index is 2.46. The van der Waals surface area contributed by atoms with Gasteiger partial charge in [0.2, 0.25) is 0 Å². The lowest BCUT2D eigenvalue weighted by Gasteiger charge is -2.12. The first-order valence-electron chi connectivity index (χ1n) is 5.74. The maximum atomic E-state index is 13.2. The largest absolute Gasteiger partial charge is 0.396 e. The number of rotatable bonds is 3. The summed E-state index contributed by atoms with van der Waals surface area (Å²) >= 11 is 11.7. The third-order valence-electron chi connectivity index (χ3n) is 2.71. The van der Waals surface area contributed by atoms with Gasteiger partial charge in [-0.25, -0.2) is 12.8 Å². The lowest BCUT2D eigenvalue weighted by atomic mass is 10.2. The Labute approximate surface area is 131 Å². The van der Waals surface area contributed by atoms with Gasteiger partial charge in [-0.3, -0.25) is 4.72 Å². The quantitative estimate of drug-likeness (QED) is 0.828. The Morgan fingerprint density at radius 1 is 1.14 bits per heavy atom. The Morgan fingerprint density at radius 2 is 1.81 bits per heavy atom. The van der Waals surface area contributed by atoms with Crippen LogP contribution in [0, 0.1) is 12.7 Å². The zero-order chi connectivity index (χ0) is 15.8. The molecule has 0 aliphatic carbocycles. The van der Waals surface area contributed by atoms with Crippen LogP contribution >= 0.6 is 23.2 Å². The Morgan fingerprint density at radius 3 is 2.43 bits per heavy atom. The van der Waals surface area contributed by atoms with Gasteiger partial charge in [-0.1, -0.05) is 29.3 Å². The van der Waals surface area contributed by atoms with Crippen molar-refractivity contribution in [3.05, 3.63) is 51.8 Å². The van der Waals surface area contributed by atoms with Gasteiger partial charge in [-0.15, -0.1) is 0 Å². The van der Waals surface area contributed by atoms with Crippen LogP contribution in [0.15, 0.2) is 35.2 Å². The molecule has 0 aliphatic rings. The fraction of sp³-hybridized carbons (Fsp3) is 0.0769. The van der Waals surface area contributed by atoms with Gasteiger partial charge in [0.1, 0.15) is 10.7 Å². The second-order valence-corrected chi connectivity index (χ2v) is 6.86. The van der Waals surface area contributed by atoms with Crippen LogP contribution in [-0.4, -0.2) is 8.42 Å². The van der Waals surface area contributed by atoms with E-state index in [1.807, 2.05) is 6.92 Å². The average molecular weight is 349 g/mol. The molecule has 0 aromatic heterocycles. The van der Waals surface area contributed by atoms with E-state index < -0.39 is 15.8 Å². The molecule has 2 rings (SSSR count). The van der Waals surface area contributed by atoms with Crippen LogP contribution in [0.4, 0.5) is 15.8 Å². The number of hydrogen-bond donors (Lipinski definition) is 2. The van der Waals surface area contributed by atoms with Crippen molar-refractivity contribution in [1.29, 1.82) is 0 Å². The molecule has 0 spiro atoms. The number of anilines is 2. The molecule has 0 unspecified atom stereocenters. The van der Waals surface area contributed by atoms with Crippen LogP contribution < -0.4 is 10.5 Å². The third-order valence-corrected chi connectivity index (χ3v) is 4.85. The number of halogens is 3. The van der Waals surface area contributed by atoms with Crippen LogP contribution in [0.25, 0.3) is 0 Å². The van der Waals surface area contributed by atoms with E-state index in [-0.39, 0.29) is 26.3 Å². The topological polar surface area (TPSA) is 72.2 Å². The maximum Gasteiger partial charge on any atom is 0.263 e. The molecular weight excluding hydrogens is 338 g/mol. The van der Waals surface area contributed by atoms with Gasteiger partial charge in [0.15, 0.2) is 0 Å². The van der Waals surface area contributed by atoms with Crippen molar-refractivity contribution in [3.63, 3.8) is 0 Å². The number of benzene rings is 2. The molecule has 3 N–H and O–H groups in total. The van der Waals surface area contributed by atoms with Crippen LogP contribution in [0.3, 0.4) is 0 Å². The van der Waals surface area contributed by atoms with Gasteiger partial charge in [0.05, 0.1) is 21.4 Å². The molecule has 0 heterocycles. The SMILES string of the molecule is Cc1ccc(NS(=O)(=O)c2cc(N)c(F)cc2Cl)c(Cl)c1. The van der Waals surface area contributed by atoms with Gasteiger partial charge in [0, 0.05) is 0 Å². The molecule has 2 aromatic carbocycles.